The van der Waals surface area contributed by atoms with Crippen LogP contribution in [0, 0.1) is 5.92 Å². The highest BCUT2D eigenvalue weighted by atomic mass is 35.5. The zero-order chi connectivity index (χ0) is 13.2. The molecule has 1 aromatic carbocycles. The zero-order valence-corrected chi connectivity index (χ0v) is 12.0. The van der Waals surface area contributed by atoms with Gasteiger partial charge in [0, 0.05) is 12.6 Å². The Labute approximate surface area is 119 Å². The van der Waals surface area contributed by atoms with E-state index in [1.165, 1.54) is 19.3 Å². The molecule has 2 aliphatic rings. The van der Waals surface area contributed by atoms with Crippen molar-refractivity contribution in [2.24, 2.45) is 5.92 Å². The van der Waals surface area contributed by atoms with Gasteiger partial charge in [-0.05, 0) is 36.5 Å². The molecule has 0 amide bonds. The molecule has 2 atom stereocenters. The lowest BCUT2D eigenvalue weighted by molar-refractivity contribution is 0.171. The van der Waals surface area contributed by atoms with Crippen LogP contribution < -0.4 is 14.8 Å². The fourth-order valence-electron chi connectivity index (χ4n) is 2.70. The first-order valence-electron chi connectivity index (χ1n) is 7.09. The van der Waals surface area contributed by atoms with Crippen molar-refractivity contribution in [3.8, 4) is 11.5 Å². The van der Waals surface area contributed by atoms with Crippen LogP contribution in [-0.4, -0.2) is 19.3 Å². The van der Waals surface area contributed by atoms with Crippen molar-refractivity contribution in [2.45, 2.75) is 38.8 Å². The molecular formula is C15H20ClNO2. The van der Waals surface area contributed by atoms with Crippen molar-refractivity contribution < 1.29 is 9.47 Å². The highest BCUT2D eigenvalue weighted by Gasteiger charge is 2.35. The van der Waals surface area contributed by atoms with Crippen LogP contribution in [0.25, 0.3) is 0 Å². The summed E-state index contributed by atoms with van der Waals surface area (Å²) < 4.78 is 11.1. The van der Waals surface area contributed by atoms with E-state index in [0.29, 0.717) is 30.0 Å². The fourth-order valence-corrected chi connectivity index (χ4v) is 2.99. The van der Waals surface area contributed by atoms with E-state index in [1.807, 2.05) is 12.1 Å². The minimum atomic E-state index is 0.574. The van der Waals surface area contributed by atoms with Gasteiger partial charge in [0.1, 0.15) is 13.2 Å². The van der Waals surface area contributed by atoms with Crippen LogP contribution in [0.3, 0.4) is 0 Å². The second-order valence-corrected chi connectivity index (χ2v) is 5.78. The summed E-state index contributed by atoms with van der Waals surface area (Å²) in [4.78, 5) is 0. The number of ether oxygens (including phenoxy) is 2. The van der Waals surface area contributed by atoms with Crippen LogP contribution >= 0.6 is 11.6 Å². The molecule has 0 radical (unpaired) electrons. The molecule has 1 N–H and O–H groups in total. The predicted octanol–water partition coefficient (Wildman–Crippen LogP) is 3.39. The monoisotopic (exact) mass is 281 g/mol. The van der Waals surface area contributed by atoms with E-state index in [0.717, 1.165) is 23.8 Å². The van der Waals surface area contributed by atoms with Crippen LogP contribution in [0.1, 0.15) is 31.7 Å². The Hall–Kier alpha value is -0.930. The molecule has 104 valence electrons. The van der Waals surface area contributed by atoms with E-state index in [9.17, 15) is 0 Å². The lowest BCUT2D eigenvalue weighted by atomic mass is 10.2. The van der Waals surface area contributed by atoms with Gasteiger partial charge in [-0.3, -0.25) is 0 Å². The lowest BCUT2D eigenvalue weighted by Gasteiger charge is -2.20. The maximum atomic E-state index is 6.22. The Morgan fingerprint density at radius 3 is 3.00 bits per heavy atom. The van der Waals surface area contributed by atoms with E-state index in [2.05, 4.69) is 12.2 Å². The second kappa shape index (κ2) is 5.59. The topological polar surface area (TPSA) is 30.5 Å². The number of benzene rings is 1. The van der Waals surface area contributed by atoms with Crippen LogP contribution in [-0.2, 0) is 6.54 Å². The van der Waals surface area contributed by atoms with Crippen molar-refractivity contribution in [3.63, 3.8) is 0 Å². The van der Waals surface area contributed by atoms with Gasteiger partial charge in [-0.1, -0.05) is 24.9 Å². The third-order valence-corrected chi connectivity index (χ3v) is 4.09. The molecule has 2 unspecified atom stereocenters. The number of hydrogen-bond donors (Lipinski definition) is 1. The molecule has 0 bridgehead atoms. The third kappa shape index (κ3) is 2.98. The highest BCUT2D eigenvalue weighted by Crippen LogP contribution is 2.39. The first kappa shape index (κ1) is 13.1. The normalized spacial score (nSPS) is 24.3. The minimum absolute atomic E-state index is 0.574. The molecule has 3 rings (SSSR count). The van der Waals surface area contributed by atoms with Crippen LogP contribution in [0.4, 0.5) is 0 Å². The average molecular weight is 282 g/mol. The lowest BCUT2D eigenvalue weighted by Crippen LogP contribution is -2.19. The van der Waals surface area contributed by atoms with Gasteiger partial charge in [0.25, 0.3) is 0 Å². The summed E-state index contributed by atoms with van der Waals surface area (Å²) in [5.41, 5.74) is 1.16. The van der Waals surface area contributed by atoms with Crippen LogP contribution in [0.15, 0.2) is 12.1 Å². The maximum absolute atomic E-state index is 6.22. The Morgan fingerprint density at radius 1 is 1.32 bits per heavy atom. The number of nitrogens with one attached hydrogen (secondary N) is 1. The summed E-state index contributed by atoms with van der Waals surface area (Å²) in [5, 5.41) is 4.23. The van der Waals surface area contributed by atoms with E-state index >= 15 is 0 Å². The van der Waals surface area contributed by atoms with E-state index < -0.39 is 0 Å². The number of halogens is 1. The predicted molar refractivity (Wildman–Crippen MR) is 76.1 cm³/mol. The first-order chi connectivity index (χ1) is 9.28. The quantitative estimate of drug-likeness (QED) is 0.897. The Bertz CT molecular complexity index is 464. The van der Waals surface area contributed by atoms with Gasteiger partial charge in [-0.25, -0.2) is 0 Å². The Kier molecular flexibility index (Phi) is 3.85. The van der Waals surface area contributed by atoms with Gasteiger partial charge in [0.05, 0.1) is 5.02 Å². The molecule has 1 heterocycles. The fraction of sp³-hybridized carbons (Fsp3) is 0.600. The SMILES string of the molecule is CCCC1CC1NCc1cc(Cl)c2c(c1)OCCO2. The van der Waals surface area contributed by atoms with Crippen LogP contribution in [0.5, 0.6) is 11.5 Å². The molecule has 0 aromatic heterocycles. The molecule has 1 saturated carbocycles. The van der Waals surface area contributed by atoms with E-state index in [1.54, 1.807) is 0 Å². The van der Waals surface area contributed by atoms with Crippen molar-refractivity contribution >= 4 is 11.6 Å². The summed E-state index contributed by atoms with van der Waals surface area (Å²) in [6, 6.07) is 4.69. The Balaban J connectivity index is 1.61. The van der Waals surface area contributed by atoms with Crippen molar-refractivity contribution in [3.05, 3.63) is 22.7 Å². The van der Waals surface area contributed by atoms with E-state index in [4.69, 9.17) is 21.1 Å². The van der Waals surface area contributed by atoms with Gasteiger partial charge in [-0.2, -0.15) is 0 Å². The van der Waals surface area contributed by atoms with Gasteiger partial charge >= 0.3 is 0 Å². The number of fused-ring (bicyclic) bond motifs is 1. The van der Waals surface area contributed by atoms with Gasteiger partial charge in [0.15, 0.2) is 11.5 Å². The molecule has 1 aliphatic heterocycles. The van der Waals surface area contributed by atoms with Gasteiger partial charge in [-0.15, -0.1) is 0 Å². The summed E-state index contributed by atoms with van der Waals surface area (Å²) in [6.07, 6.45) is 3.92. The molecule has 19 heavy (non-hydrogen) atoms. The average Bonchev–Trinajstić information content (AvgIpc) is 3.15. The first-order valence-corrected chi connectivity index (χ1v) is 7.47. The molecule has 1 fully saturated rings. The van der Waals surface area contributed by atoms with Crippen molar-refractivity contribution in [2.75, 3.05) is 13.2 Å². The van der Waals surface area contributed by atoms with Crippen molar-refractivity contribution in [1.82, 2.24) is 5.32 Å². The smallest absolute Gasteiger partial charge is 0.179 e. The maximum Gasteiger partial charge on any atom is 0.179 e. The molecular weight excluding hydrogens is 262 g/mol. The molecule has 1 aromatic rings. The second-order valence-electron chi connectivity index (χ2n) is 5.37. The van der Waals surface area contributed by atoms with Crippen molar-refractivity contribution in [1.29, 1.82) is 0 Å². The third-order valence-electron chi connectivity index (χ3n) is 3.81. The van der Waals surface area contributed by atoms with E-state index in [-0.39, 0.29) is 0 Å². The molecule has 0 spiro atoms. The molecule has 0 saturated heterocycles. The summed E-state index contributed by atoms with van der Waals surface area (Å²) >= 11 is 6.22. The number of hydrogen-bond acceptors (Lipinski definition) is 3. The minimum Gasteiger partial charge on any atom is -0.486 e. The summed E-state index contributed by atoms with van der Waals surface area (Å²) in [7, 11) is 0. The number of rotatable bonds is 5. The Morgan fingerprint density at radius 2 is 2.16 bits per heavy atom. The van der Waals surface area contributed by atoms with Crippen LogP contribution in [0.2, 0.25) is 5.02 Å². The van der Waals surface area contributed by atoms with Gasteiger partial charge < -0.3 is 14.8 Å². The molecule has 1 aliphatic carbocycles. The summed E-state index contributed by atoms with van der Waals surface area (Å²) in [6.45, 7) is 4.27. The molecule has 3 nitrogen and oxygen atoms in total. The van der Waals surface area contributed by atoms with Gasteiger partial charge in [0.2, 0.25) is 0 Å². The highest BCUT2D eigenvalue weighted by molar-refractivity contribution is 6.32. The zero-order valence-electron chi connectivity index (χ0n) is 11.2. The standard InChI is InChI=1S/C15H20ClNO2/c1-2-3-11-8-13(11)17-9-10-6-12(16)15-14(7-10)18-4-5-19-15/h6-7,11,13,17H,2-5,8-9H2,1H3. The summed E-state index contributed by atoms with van der Waals surface area (Å²) in [5.74, 6) is 2.33. The molecule has 4 heteroatoms. The largest absolute Gasteiger partial charge is 0.486 e.